The maximum absolute atomic E-state index is 6.24. The molecule has 0 atom stereocenters. The molecule has 6 aromatic carbocycles. The fourth-order valence-corrected chi connectivity index (χ4v) is 7.17. The van der Waals surface area contributed by atoms with E-state index in [9.17, 15) is 0 Å². The van der Waals surface area contributed by atoms with E-state index >= 15 is 0 Å². The highest BCUT2D eigenvalue weighted by Crippen LogP contribution is 2.39. The minimum atomic E-state index is 0.457. The quantitative estimate of drug-likeness (QED) is 0.124. The van der Waals surface area contributed by atoms with E-state index in [1.165, 1.54) is 16.7 Å². The van der Waals surface area contributed by atoms with Gasteiger partial charge in [-0.15, -0.1) is 22.0 Å². The second-order valence-corrected chi connectivity index (χ2v) is 12.9. The lowest BCUT2D eigenvalue weighted by atomic mass is 10.0. The van der Waals surface area contributed by atoms with Gasteiger partial charge in [-0.05, 0) is 52.1 Å². The number of rotatable bonds is 12. The van der Waals surface area contributed by atoms with E-state index in [0.717, 1.165) is 42.9 Å². The highest BCUT2D eigenvalue weighted by atomic mass is 32.2. The van der Waals surface area contributed by atoms with Gasteiger partial charge in [-0.1, -0.05) is 139 Å². The Morgan fingerprint density at radius 2 is 1.17 bits per heavy atom. The molecule has 6 heteroatoms. The maximum Gasteiger partial charge on any atom is 0.149 e. The summed E-state index contributed by atoms with van der Waals surface area (Å²) in [6.07, 6.45) is 0. The molecule has 1 heterocycles. The third-order valence-electron chi connectivity index (χ3n) is 7.59. The van der Waals surface area contributed by atoms with Gasteiger partial charge < -0.3 is 9.47 Å². The number of hydrogen-bond acceptors (Lipinski definition) is 6. The largest absolute Gasteiger partial charge is 0.489 e. The van der Waals surface area contributed by atoms with Crippen molar-refractivity contribution >= 4 is 23.1 Å². The van der Waals surface area contributed by atoms with Crippen LogP contribution in [0.4, 0.5) is 0 Å². The van der Waals surface area contributed by atoms with Crippen molar-refractivity contribution in [2.45, 2.75) is 23.9 Å². The predicted octanol–water partition coefficient (Wildman–Crippen LogP) is 10.8. The fourth-order valence-electron chi connectivity index (χ4n) is 5.20. The first-order valence-corrected chi connectivity index (χ1v) is 17.2. The molecule has 7 aromatic rings. The van der Waals surface area contributed by atoms with Gasteiger partial charge in [-0.25, -0.2) is 0 Å². The lowest BCUT2D eigenvalue weighted by molar-refractivity contribution is 0.290. The zero-order valence-corrected chi connectivity index (χ0v) is 27.2. The molecule has 0 amide bonds. The van der Waals surface area contributed by atoms with Crippen molar-refractivity contribution in [1.82, 2.24) is 10.2 Å². The van der Waals surface area contributed by atoms with Crippen LogP contribution in [0.5, 0.6) is 11.5 Å². The Labute approximate surface area is 283 Å². The molecule has 1 aromatic heterocycles. The zero-order valence-electron chi connectivity index (χ0n) is 25.6. The van der Waals surface area contributed by atoms with Gasteiger partial charge >= 0.3 is 0 Å². The van der Waals surface area contributed by atoms with E-state index in [1.807, 2.05) is 66.7 Å². The first kappa shape index (κ1) is 30.5. The molecular formula is C41H31N2O2S2. The molecule has 0 fully saturated rings. The van der Waals surface area contributed by atoms with Crippen molar-refractivity contribution in [3.63, 3.8) is 0 Å². The van der Waals surface area contributed by atoms with Crippen molar-refractivity contribution in [1.29, 1.82) is 0 Å². The van der Waals surface area contributed by atoms with Crippen LogP contribution in [0.2, 0.25) is 0 Å². The van der Waals surface area contributed by atoms with Crippen molar-refractivity contribution in [3.05, 3.63) is 174 Å². The second-order valence-electron chi connectivity index (χ2n) is 10.9. The summed E-state index contributed by atoms with van der Waals surface area (Å²) < 4.78 is 12.5. The van der Waals surface area contributed by atoms with E-state index in [-0.39, 0.29) is 0 Å². The predicted molar refractivity (Wildman–Crippen MR) is 193 cm³/mol. The molecule has 0 aliphatic heterocycles. The molecule has 0 aliphatic rings. The van der Waals surface area contributed by atoms with Gasteiger partial charge in [0.2, 0.25) is 0 Å². The van der Waals surface area contributed by atoms with Crippen LogP contribution in [-0.2, 0) is 19.0 Å². The Morgan fingerprint density at radius 3 is 1.85 bits per heavy atom. The SMILES string of the molecule is [c]1ccc(-c2nnc(-c3cc(OCc4ccccc4)cc(OCc4ccccc4)c3)s2)c(SCc2ccccc2-c2ccccc2)c1. The Balaban J connectivity index is 1.14. The summed E-state index contributed by atoms with van der Waals surface area (Å²) in [5.41, 5.74) is 7.90. The molecule has 47 heavy (non-hydrogen) atoms. The average Bonchev–Trinajstić information content (AvgIpc) is 3.64. The first-order chi connectivity index (χ1) is 23.3. The van der Waals surface area contributed by atoms with Crippen molar-refractivity contribution in [2.75, 3.05) is 0 Å². The molecule has 0 spiro atoms. The topological polar surface area (TPSA) is 44.2 Å². The third-order valence-corrected chi connectivity index (χ3v) is 9.70. The molecule has 229 valence electrons. The van der Waals surface area contributed by atoms with Crippen LogP contribution in [0.15, 0.2) is 157 Å². The van der Waals surface area contributed by atoms with Gasteiger partial charge in [0.25, 0.3) is 0 Å². The van der Waals surface area contributed by atoms with Crippen molar-refractivity contribution in [3.8, 4) is 43.8 Å². The maximum atomic E-state index is 6.24. The number of thioether (sulfide) groups is 1. The van der Waals surface area contributed by atoms with Crippen molar-refractivity contribution < 1.29 is 9.47 Å². The summed E-state index contributed by atoms with van der Waals surface area (Å²) >= 11 is 3.35. The van der Waals surface area contributed by atoms with Crippen molar-refractivity contribution in [2.24, 2.45) is 0 Å². The molecular weight excluding hydrogens is 617 g/mol. The summed E-state index contributed by atoms with van der Waals surface area (Å²) in [4.78, 5) is 1.12. The van der Waals surface area contributed by atoms with Gasteiger partial charge in [-0.2, -0.15) is 0 Å². The zero-order chi connectivity index (χ0) is 31.7. The number of aromatic nitrogens is 2. The van der Waals surface area contributed by atoms with Crippen LogP contribution >= 0.6 is 23.1 Å². The van der Waals surface area contributed by atoms with Gasteiger partial charge in [-0.3, -0.25) is 0 Å². The Morgan fingerprint density at radius 1 is 0.574 bits per heavy atom. The van der Waals surface area contributed by atoms with Crippen LogP contribution in [0.25, 0.3) is 32.3 Å². The smallest absolute Gasteiger partial charge is 0.149 e. The normalized spacial score (nSPS) is 10.9. The summed E-state index contributed by atoms with van der Waals surface area (Å²) in [6, 6.07) is 54.7. The summed E-state index contributed by atoms with van der Waals surface area (Å²) in [6.45, 7) is 0.913. The minimum absolute atomic E-state index is 0.457. The van der Waals surface area contributed by atoms with E-state index in [0.29, 0.717) is 24.7 Å². The Kier molecular flexibility index (Phi) is 9.69. The van der Waals surface area contributed by atoms with Crippen LogP contribution in [0.1, 0.15) is 16.7 Å². The monoisotopic (exact) mass is 647 g/mol. The number of hydrogen-bond donors (Lipinski definition) is 0. The summed E-state index contributed by atoms with van der Waals surface area (Å²) in [7, 11) is 0. The molecule has 0 unspecified atom stereocenters. The summed E-state index contributed by atoms with van der Waals surface area (Å²) in [5.74, 6) is 2.26. The van der Waals surface area contributed by atoms with Crippen LogP contribution in [0, 0.1) is 6.07 Å². The lowest BCUT2D eigenvalue weighted by Crippen LogP contribution is -1.98. The molecule has 4 nitrogen and oxygen atoms in total. The number of nitrogens with zero attached hydrogens (tertiary/aromatic N) is 2. The van der Waals surface area contributed by atoms with Crippen LogP contribution < -0.4 is 9.47 Å². The van der Waals surface area contributed by atoms with Crippen LogP contribution in [-0.4, -0.2) is 10.2 Å². The lowest BCUT2D eigenvalue weighted by Gasteiger charge is -2.12. The molecule has 0 aliphatic carbocycles. The first-order valence-electron chi connectivity index (χ1n) is 15.4. The van der Waals surface area contributed by atoms with Crippen LogP contribution in [0.3, 0.4) is 0 Å². The number of benzene rings is 6. The number of ether oxygens (including phenoxy) is 2. The van der Waals surface area contributed by atoms with E-state index in [1.54, 1.807) is 23.1 Å². The molecule has 1 radical (unpaired) electrons. The third kappa shape index (κ3) is 7.80. The Bertz CT molecular complexity index is 1990. The standard InChI is InChI=1S/C41H31N2O2S2/c1-4-14-30(15-5-1)27-44-35-24-34(25-36(26-35)45-28-31-16-6-2-7-17-31)40-42-43-41(47-40)38-22-12-13-23-39(38)46-29-33-20-10-11-21-37(33)32-18-8-3-9-19-32/h1-12,14-26H,27-29H2. The van der Waals surface area contributed by atoms with Gasteiger partial charge in [0.1, 0.15) is 34.7 Å². The highest BCUT2D eigenvalue weighted by Gasteiger charge is 2.16. The molecule has 7 rings (SSSR count). The van der Waals surface area contributed by atoms with E-state index in [2.05, 4.69) is 101 Å². The summed E-state index contributed by atoms with van der Waals surface area (Å²) in [5, 5.41) is 10.9. The second kappa shape index (κ2) is 14.9. The highest BCUT2D eigenvalue weighted by molar-refractivity contribution is 7.98. The van der Waals surface area contributed by atoms with Gasteiger partial charge in [0, 0.05) is 27.8 Å². The molecule has 0 N–H and O–H groups in total. The minimum Gasteiger partial charge on any atom is -0.489 e. The molecule has 0 saturated heterocycles. The Hall–Kier alpha value is -5.17. The van der Waals surface area contributed by atoms with Gasteiger partial charge in [0.05, 0.1) is 0 Å². The average molecular weight is 648 g/mol. The molecule has 0 bridgehead atoms. The van der Waals surface area contributed by atoms with E-state index in [4.69, 9.17) is 9.47 Å². The van der Waals surface area contributed by atoms with Gasteiger partial charge in [0.15, 0.2) is 0 Å². The van der Waals surface area contributed by atoms with E-state index < -0.39 is 0 Å². The molecule has 0 saturated carbocycles. The fraction of sp³-hybridized carbons (Fsp3) is 0.0732.